The van der Waals surface area contributed by atoms with Gasteiger partial charge in [0, 0.05) is 10.6 Å². The van der Waals surface area contributed by atoms with Crippen LogP contribution in [0.4, 0.5) is 13.2 Å². The molecule has 0 aliphatic heterocycles. The van der Waals surface area contributed by atoms with Crippen molar-refractivity contribution in [3.05, 3.63) is 78.3 Å². The van der Waals surface area contributed by atoms with Gasteiger partial charge in [-0.2, -0.15) is 22.8 Å². The maximum Gasteiger partial charge on any atom is 0.453 e. The maximum atomic E-state index is 13.0. The summed E-state index contributed by atoms with van der Waals surface area (Å²) in [5, 5.41) is 11.0. The van der Waals surface area contributed by atoms with Gasteiger partial charge in [-0.05, 0) is 48.6 Å². The molecule has 0 atom stereocenters. The summed E-state index contributed by atoms with van der Waals surface area (Å²) in [4.78, 5) is 0. The number of nitrogens with zero attached hydrogens (tertiary/aromatic N) is 4. The topological polar surface area (TPSA) is 52.3 Å². The smallest absolute Gasteiger partial charge is 0.453 e. The van der Waals surface area contributed by atoms with E-state index in [4.69, 9.17) is 16.3 Å². The van der Waals surface area contributed by atoms with Gasteiger partial charge in [0.2, 0.25) is 0 Å². The SMILES string of the molecule is C=C(Cl)/C=C\C(=C)Oc1ccc(-c2ccc3nnc(C(F)(F)F)n3n2)cc1. The van der Waals surface area contributed by atoms with E-state index in [9.17, 15) is 13.2 Å². The number of fused-ring (bicyclic) bond motifs is 1. The second-order valence-electron chi connectivity index (χ2n) is 5.38. The number of aromatic nitrogens is 4. The highest BCUT2D eigenvalue weighted by molar-refractivity contribution is 6.30. The zero-order valence-corrected chi connectivity index (χ0v) is 14.5. The average molecular weight is 393 g/mol. The molecule has 0 amide bonds. The van der Waals surface area contributed by atoms with Gasteiger partial charge in [0.05, 0.1) is 5.69 Å². The fourth-order valence-corrected chi connectivity index (χ4v) is 2.25. The fraction of sp³-hybridized carbons (Fsp3) is 0.0556. The Morgan fingerprint density at radius 1 is 1.04 bits per heavy atom. The van der Waals surface area contributed by atoms with Crippen LogP contribution < -0.4 is 4.74 Å². The Morgan fingerprint density at radius 2 is 1.74 bits per heavy atom. The summed E-state index contributed by atoms with van der Waals surface area (Å²) in [7, 11) is 0. The standard InChI is InChI=1S/C18H12ClF3N4O/c1-11(19)3-4-12(2)27-14-7-5-13(6-8-14)15-9-10-16-23-24-17(18(20,21)22)26(16)25-15/h3-10H,1-2H2/b4-3-. The van der Waals surface area contributed by atoms with Gasteiger partial charge < -0.3 is 4.74 Å². The van der Waals surface area contributed by atoms with Gasteiger partial charge in [-0.1, -0.05) is 24.8 Å². The molecule has 2 aromatic heterocycles. The van der Waals surface area contributed by atoms with Gasteiger partial charge in [-0.25, -0.2) is 0 Å². The molecule has 3 rings (SSSR count). The zero-order valence-electron chi connectivity index (χ0n) is 13.7. The third kappa shape index (κ3) is 4.35. The molecule has 0 N–H and O–H groups in total. The number of benzene rings is 1. The Labute approximate surface area is 157 Å². The molecule has 0 aliphatic rings. The lowest BCUT2D eigenvalue weighted by Gasteiger charge is -2.07. The number of hydrogen-bond acceptors (Lipinski definition) is 4. The van der Waals surface area contributed by atoms with Crippen molar-refractivity contribution in [2.24, 2.45) is 0 Å². The van der Waals surface area contributed by atoms with E-state index in [1.54, 1.807) is 36.4 Å². The van der Waals surface area contributed by atoms with Crippen LogP contribution in [0.1, 0.15) is 5.82 Å². The Hall–Kier alpha value is -3.13. The lowest BCUT2D eigenvalue weighted by Crippen LogP contribution is -2.12. The van der Waals surface area contributed by atoms with Crippen LogP contribution in [-0.4, -0.2) is 19.8 Å². The minimum absolute atomic E-state index is 0.00925. The number of ether oxygens (including phenoxy) is 1. The second-order valence-corrected chi connectivity index (χ2v) is 5.87. The highest BCUT2D eigenvalue weighted by Crippen LogP contribution is 2.28. The predicted molar refractivity (Wildman–Crippen MR) is 95.1 cm³/mol. The summed E-state index contributed by atoms with van der Waals surface area (Å²) >= 11 is 5.62. The van der Waals surface area contributed by atoms with Crippen molar-refractivity contribution in [2.75, 3.05) is 0 Å². The van der Waals surface area contributed by atoms with E-state index in [0.717, 1.165) is 0 Å². The number of allylic oxidation sites excluding steroid dienone is 3. The Balaban J connectivity index is 1.85. The van der Waals surface area contributed by atoms with Crippen molar-refractivity contribution < 1.29 is 17.9 Å². The molecular formula is C18H12ClF3N4O. The Morgan fingerprint density at radius 3 is 2.37 bits per heavy atom. The van der Waals surface area contributed by atoms with E-state index in [0.29, 0.717) is 32.3 Å². The van der Waals surface area contributed by atoms with Crippen LogP contribution in [0.25, 0.3) is 16.9 Å². The van der Waals surface area contributed by atoms with E-state index in [2.05, 4.69) is 28.5 Å². The largest absolute Gasteiger partial charge is 0.458 e. The molecule has 0 saturated carbocycles. The third-order valence-electron chi connectivity index (χ3n) is 3.37. The van der Waals surface area contributed by atoms with Gasteiger partial charge >= 0.3 is 6.18 Å². The molecule has 0 spiro atoms. The van der Waals surface area contributed by atoms with E-state index in [1.165, 1.54) is 12.1 Å². The summed E-state index contributed by atoms with van der Waals surface area (Å²) in [6.07, 6.45) is -1.55. The van der Waals surface area contributed by atoms with Crippen LogP contribution in [0, 0.1) is 0 Å². The lowest BCUT2D eigenvalue weighted by atomic mass is 10.1. The highest BCUT2D eigenvalue weighted by atomic mass is 35.5. The number of rotatable bonds is 5. The molecule has 3 aromatic rings. The van der Waals surface area contributed by atoms with Crippen molar-refractivity contribution in [3.63, 3.8) is 0 Å². The Kier molecular flexibility index (Phi) is 5.00. The molecule has 0 aliphatic carbocycles. The van der Waals surface area contributed by atoms with Crippen LogP contribution in [0.5, 0.6) is 5.75 Å². The van der Waals surface area contributed by atoms with Gasteiger partial charge in [0.1, 0.15) is 11.5 Å². The first kappa shape index (κ1) is 18.7. The first-order chi connectivity index (χ1) is 12.7. The number of alkyl halides is 3. The van der Waals surface area contributed by atoms with E-state index in [1.807, 2.05) is 0 Å². The third-order valence-corrected chi connectivity index (χ3v) is 3.49. The molecule has 0 radical (unpaired) electrons. The number of halogens is 4. The molecule has 138 valence electrons. The monoisotopic (exact) mass is 392 g/mol. The molecule has 5 nitrogen and oxygen atoms in total. The van der Waals surface area contributed by atoms with Crippen molar-refractivity contribution in [3.8, 4) is 17.0 Å². The zero-order chi connectivity index (χ0) is 19.6. The van der Waals surface area contributed by atoms with Crippen LogP contribution in [-0.2, 0) is 6.18 Å². The summed E-state index contributed by atoms with van der Waals surface area (Å²) in [5.74, 6) is -0.332. The molecule has 1 aromatic carbocycles. The maximum absolute atomic E-state index is 13.0. The van der Waals surface area contributed by atoms with Gasteiger partial charge in [-0.3, -0.25) is 0 Å². The second kappa shape index (κ2) is 7.24. The normalized spacial score (nSPS) is 11.9. The van der Waals surface area contributed by atoms with Gasteiger partial charge in [-0.15, -0.1) is 10.2 Å². The molecule has 9 heteroatoms. The molecule has 2 heterocycles. The first-order valence-electron chi connectivity index (χ1n) is 7.53. The average Bonchev–Trinajstić information content (AvgIpc) is 3.04. The van der Waals surface area contributed by atoms with Gasteiger partial charge in [0.25, 0.3) is 5.82 Å². The summed E-state index contributed by atoms with van der Waals surface area (Å²) in [6.45, 7) is 7.23. The molecule has 27 heavy (non-hydrogen) atoms. The quantitative estimate of drug-likeness (QED) is 0.452. The molecule has 0 bridgehead atoms. The van der Waals surface area contributed by atoms with Crippen LogP contribution in [0.2, 0.25) is 0 Å². The highest BCUT2D eigenvalue weighted by Gasteiger charge is 2.37. The summed E-state index contributed by atoms with van der Waals surface area (Å²) in [5.41, 5.74) is 0.938. The Bertz CT molecular complexity index is 1040. The fourth-order valence-electron chi connectivity index (χ4n) is 2.18. The van der Waals surface area contributed by atoms with Crippen molar-refractivity contribution in [1.29, 1.82) is 0 Å². The minimum Gasteiger partial charge on any atom is -0.458 e. The lowest BCUT2D eigenvalue weighted by molar-refractivity contribution is -0.146. The predicted octanol–water partition coefficient (Wildman–Crippen LogP) is 5.01. The minimum atomic E-state index is -4.65. The van der Waals surface area contributed by atoms with Crippen LogP contribution >= 0.6 is 11.6 Å². The van der Waals surface area contributed by atoms with Crippen LogP contribution in [0.15, 0.2) is 72.5 Å². The van der Waals surface area contributed by atoms with Gasteiger partial charge in [0.15, 0.2) is 5.65 Å². The van der Waals surface area contributed by atoms with Crippen molar-refractivity contribution in [2.45, 2.75) is 6.18 Å². The number of hydrogen-bond donors (Lipinski definition) is 0. The molecular weight excluding hydrogens is 381 g/mol. The van der Waals surface area contributed by atoms with Crippen molar-refractivity contribution in [1.82, 2.24) is 19.8 Å². The first-order valence-corrected chi connectivity index (χ1v) is 7.91. The molecule has 0 unspecified atom stereocenters. The van der Waals surface area contributed by atoms with Crippen molar-refractivity contribution >= 4 is 17.2 Å². The molecule has 0 fully saturated rings. The molecule has 0 saturated heterocycles. The van der Waals surface area contributed by atoms with E-state index >= 15 is 0 Å². The van der Waals surface area contributed by atoms with Crippen LogP contribution in [0.3, 0.4) is 0 Å². The van der Waals surface area contributed by atoms with E-state index < -0.39 is 12.0 Å². The summed E-state index contributed by atoms with van der Waals surface area (Å²) < 4.78 is 45.1. The summed E-state index contributed by atoms with van der Waals surface area (Å²) in [6, 6.07) is 9.60. The van der Waals surface area contributed by atoms with E-state index in [-0.39, 0.29) is 5.65 Å².